The van der Waals surface area contributed by atoms with E-state index in [2.05, 4.69) is 0 Å². The van der Waals surface area contributed by atoms with Crippen LogP contribution in [0, 0.1) is 5.92 Å². The van der Waals surface area contributed by atoms with Crippen molar-refractivity contribution in [1.29, 1.82) is 0 Å². The van der Waals surface area contributed by atoms with Gasteiger partial charge >= 0.3 is 0 Å². The monoisotopic (exact) mass is 332 g/mol. The van der Waals surface area contributed by atoms with Gasteiger partial charge in [0.1, 0.15) is 30.5 Å². The van der Waals surface area contributed by atoms with Crippen LogP contribution in [0.1, 0.15) is 33.6 Å². The smallest absolute Gasteiger partial charge is 0.187 e. The lowest BCUT2D eigenvalue weighted by Gasteiger charge is -2.46. The minimum absolute atomic E-state index is 0.0817. The molecule has 134 valence electrons. The van der Waals surface area contributed by atoms with Gasteiger partial charge in [0, 0.05) is 0 Å². The highest BCUT2D eigenvalue weighted by Gasteiger charge is 2.48. The summed E-state index contributed by atoms with van der Waals surface area (Å²) in [6.45, 7) is 5.19. The molecule has 5 N–H and O–H groups in total. The van der Waals surface area contributed by atoms with Gasteiger partial charge < -0.3 is 35.0 Å². The molecule has 0 bridgehead atoms. The van der Waals surface area contributed by atoms with Gasteiger partial charge in [-0.15, -0.1) is 0 Å². The summed E-state index contributed by atoms with van der Waals surface area (Å²) in [5.41, 5.74) is -0.0527. The molecule has 1 aliphatic carbocycles. The van der Waals surface area contributed by atoms with Crippen molar-refractivity contribution in [2.75, 3.05) is 6.61 Å². The summed E-state index contributed by atoms with van der Waals surface area (Å²) in [7, 11) is 0. The van der Waals surface area contributed by atoms with E-state index in [0.29, 0.717) is 6.42 Å². The summed E-state index contributed by atoms with van der Waals surface area (Å²) in [5, 5.41) is 49.9. The van der Waals surface area contributed by atoms with Gasteiger partial charge in [0.25, 0.3) is 0 Å². The van der Waals surface area contributed by atoms with Crippen LogP contribution >= 0.6 is 0 Å². The second-order valence-corrected chi connectivity index (χ2v) is 6.91. The number of allylic oxidation sites excluding steroid dienone is 1. The summed E-state index contributed by atoms with van der Waals surface area (Å²) >= 11 is 0. The van der Waals surface area contributed by atoms with Gasteiger partial charge in [-0.3, -0.25) is 0 Å². The highest BCUT2D eigenvalue weighted by atomic mass is 16.7. The van der Waals surface area contributed by atoms with Crippen LogP contribution in [0.2, 0.25) is 0 Å². The van der Waals surface area contributed by atoms with Crippen LogP contribution in [0.3, 0.4) is 0 Å². The molecule has 0 aromatic rings. The first kappa shape index (κ1) is 18.8. The molecule has 1 heterocycles. The Bertz CT molecular complexity index is 436. The average molecular weight is 332 g/mol. The lowest BCUT2D eigenvalue weighted by molar-refractivity contribution is -0.321. The number of hydrogen-bond donors (Lipinski definition) is 5. The predicted molar refractivity (Wildman–Crippen MR) is 81.4 cm³/mol. The third kappa shape index (κ3) is 3.61. The van der Waals surface area contributed by atoms with Gasteiger partial charge in [0.05, 0.1) is 12.2 Å². The minimum atomic E-state index is -1.49. The normalized spacial score (nSPS) is 45.2. The number of hydrogen-bond acceptors (Lipinski definition) is 7. The van der Waals surface area contributed by atoms with E-state index in [1.165, 1.54) is 0 Å². The summed E-state index contributed by atoms with van der Waals surface area (Å²) in [6.07, 6.45) is -4.31. The highest BCUT2D eigenvalue weighted by Crippen LogP contribution is 2.37. The zero-order valence-corrected chi connectivity index (χ0v) is 13.8. The van der Waals surface area contributed by atoms with Crippen LogP contribution in [-0.4, -0.2) is 74.6 Å². The maximum Gasteiger partial charge on any atom is 0.187 e. The van der Waals surface area contributed by atoms with Crippen molar-refractivity contribution in [1.82, 2.24) is 0 Å². The SMILES string of the molecule is CC1=CC(OC2OC(CO)C(O)C(O)C2O)C(O)(C(C)C)CC1. The Morgan fingerprint density at radius 2 is 1.91 bits per heavy atom. The molecule has 1 aliphatic heterocycles. The maximum atomic E-state index is 10.9. The van der Waals surface area contributed by atoms with Crippen LogP contribution < -0.4 is 0 Å². The molecule has 2 aliphatic rings. The average Bonchev–Trinajstić information content (AvgIpc) is 2.51. The van der Waals surface area contributed by atoms with Crippen molar-refractivity contribution < 1.29 is 35.0 Å². The molecule has 1 fully saturated rings. The third-order valence-corrected chi connectivity index (χ3v) is 4.98. The quantitative estimate of drug-likeness (QED) is 0.432. The van der Waals surface area contributed by atoms with Crippen molar-refractivity contribution >= 4 is 0 Å². The van der Waals surface area contributed by atoms with Crippen LogP contribution in [0.5, 0.6) is 0 Å². The van der Waals surface area contributed by atoms with E-state index < -0.39 is 49.0 Å². The Morgan fingerprint density at radius 1 is 1.26 bits per heavy atom. The molecule has 0 amide bonds. The molecule has 0 saturated carbocycles. The molecule has 2 rings (SSSR count). The van der Waals surface area contributed by atoms with Crippen molar-refractivity contribution in [3.63, 3.8) is 0 Å². The number of aliphatic hydroxyl groups excluding tert-OH is 4. The summed E-state index contributed by atoms with van der Waals surface area (Å²) in [6, 6.07) is 0. The Labute approximate surface area is 136 Å². The van der Waals surface area contributed by atoms with Crippen LogP contribution in [0.25, 0.3) is 0 Å². The Kier molecular flexibility index (Phi) is 5.84. The minimum Gasteiger partial charge on any atom is -0.394 e. The first-order valence-electron chi connectivity index (χ1n) is 8.06. The summed E-state index contributed by atoms with van der Waals surface area (Å²) < 4.78 is 11.1. The largest absolute Gasteiger partial charge is 0.394 e. The molecule has 23 heavy (non-hydrogen) atoms. The predicted octanol–water partition coefficient (Wildman–Crippen LogP) is -0.701. The van der Waals surface area contributed by atoms with Gasteiger partial charge in [-0.05, 0) is 25.7 Å². The highest BCUT2D eigenvalue weighted by molar-refractivity contribution is 5.15. The van der Waals surface area contributed by atoms with Crippen molar-refractivity contribution in [3.8, 4) is 0 Å². The molecule has 7 unspecified atom stereocenters. The fourth-order valence-corrected chi connectivity index (χ4v) is 3.12. The standard InChI is InChI=1S/C16H28O7/c1-8(2)16(21)5-4-9(3)6-11(16)23-15-14(20)13(19)12(18)10(7-17)22-15/h6,8,10-15,17-21H,4-5,7H2,1-3H3. The molecule has 0 radical (unpaired) electrons. The Balaban J connectivity index is 2.19. The zero-order valence-electron chi connectivity index (χ0n) is 13.8. The van der Waals surface area contributed by atoms with E-state index in [1.54, 1.807) is 6.08 Å². The van der Waals surface area contributed by atoms with E-state index in [-0.39, 0.29) is 5.92 Å². The number of ether oxygens (including phenoxy) is 2. The molecular weight excluding hydrogens is 304 g/mol. The van der Waals surface area contributed by atoms with E-state index in [0.717, 1.165) is 12.0 Å². The van der Waals surface area contributed by atoms with Gasteiger partial charge in [0.15, 0.2) is 6.29 Å². The van der Waals surface area contributed by atoms with Crippen LogP contribution in [0.4, 0.5) is 0 Å². The van der Waals surface area contributed by atoms with Crippen LogP contribution in [-0.2, 0) is 9.47 Å². The molecule has 0 spiro atoms. The van der Waals surface area contributed by atoms with Gasteiger partial charge in [-0.2, -0.15) is 0 Å². The molecular formula is C16H28O7. The second-order valence-electron chi connectivity index (χ2n) is 6.91. The van der Waals surface area contributed by atoms with E-state index in [9.17, 15) is 25.5 Å². The zero-order chi connectivity index (χ0) is 17.4. The van der Waals surface area contributed by atoms with Crippen molar-refractivity contribution in [3.05, 3.63) is 11.6 Å². The van der Waals surface area contributed by atoms with Gasteiger partial charge in [-0.25, -0.2) is 0 Å². The fourth-order valence-electron chi connectivity index (χ4n) is 3.12. The molecule has 7 nitrogen and oxygen atoms in total. The lowest BCUT2D eigenvalue weighted by atomic mass is 9.76. The number of aliphatic hydroxyl groups is 5. The van der Waals surface area contributed by atoms with Crippen LogP contribution in [0.15, 0.2) is 11.6 Å². The second kappa shape index (κ2) is 7.14. The molecule has 7 heteroatoms. The molecule has 1 saturated heterocycles. The van der Waals surface area contributed by atoms with Gasteiger partial charge in [-0.1, -0.05) is 25.5 Å². The van der Waals surface area contributed by atoms with Gasteiger partial charge in [0.2, 0.25) is 0 Å². The first-order chi connectivity index (χ1) is 10.7. The Hall–Kier alpha value is -0.540. The lowest BCUT2D eigenvalue weighted by Crippen LogP contribution is -2.61. The molecule has 7 atom stereocenters. The van der Waals surface area contributed by atoms with Crippen molar-refractivity contribution in [2.45, 2.75) is 76.0 Å². The first-order valence-corrected chi connectivity index (χ1v) is 8.06. The topological polar surface area (TPSA) is 120 Å². The molecule has 0 aromatic heterocycles. The molecule has 0 aromatic carbocycles. The number of rotatable bonds is 4. The Morgan fingerprint density at radius 3 is 2.48 bits per heavy atom. The summed E-state index contributed by atoms with van der Waals surface area (Å²) in [4.78, 5) is 0. The van der Waals surface area contributed by atoms with E-state index in [1.807, 2.05) is 20.8 Å². The fraction of sp³-hybridized carbons (Fsp3) is 0.875. The third-order valence-electron chi connectivity index (χ3n) is 4.98. The summed E-state index contributed by atoms with van der Waals surface area (Å²) in [5.74, 6) is -0.0817. The van der Waals surface area contributed by atoms with E-state index in [4.69, 9.17) is 9.47 Å². The van der Waals surface area contributed by atoms with Crippen molar-refractivity contribution in [2.24, 2.45) is 5.92 Å². The maximum absolute atomic E-state index is 10.9. The van der Waals surface area contributed by atoms with E-state index >= 15 is 0 Å².